The highest BCUT2D eigenvalue weighted by Gasteiger charge is 2.25. The van der Waals surface area contributed by atoms with Gasteiger partial charge in [0, 0.05) is 19.3 Å². The molecule has 0 saturated carbocycles. The van der Waals surface area contributed by atoms with Gasteiger partial charge in [-0.3, -0.25) is 9.59 Å². The number of carbonyl (C=O) groups is 3. The van der Waals surface area contributed by atoms with Gasteiger partial charge in [0.05, 0.1) is 40.3 Å². The van der Waals surface area contributed by atoms with Crippen LogP contribution in [0.2, 0.25) is 0 Å². The first-order valence-electron chi connectivity index (χ1n) is 24.0. The number of hydrogen-bond acceptors (Lipinski definition) is 7. The maximum atomic E-state index is 12.7. The van der Waals surface area contributed by atoms with Crippen LogP contribution in [0.1, 0.15) is 213 Å². The molecule has 0 aromatic rings. The van der Waals surface area contributed by atoms with Gasteiger partial charge in [-0.2, -0.15) is 0 Å². The summed E-state index contributed by atoms with van der Waals surface area (Å²) in [6.45, 7) is 4.62. The predicted molar refractivity (Wildman–Crippen MR) is 240 cm³/mol. The van der Waals surface area contributed by atoms with Crippen LogP contribution >= 0.6 is 0 Å². The number of unbranched alkanes of at least 4 members (excludes halogenated alkanes) is 23. The van der Waals surface area contributed by atoms with Crippen LogP contribution in [-0.2, 0) is 28.6 Å². The van der Waals surface area contributed by atoms with Crippen molar-refractivity contribution in [1.82, 2.24) is 0 Å². The molecule has 0 spiro atoms. The predicted octanol–water partition coefficient (Wildman–Crippen LogP) is 12.1. The van der Waals surface area contributed by atoms with Gasteiger partial charge in [0.15, 0.2) is 6.10 Å². The molecule has 0 bridgehead atoms. The van der Waals surface area contributed by atoms with E-state index in [0.717, 1.165) is 38.5 Å². The molecule has 2 unspecified atom stereocenters. The number of rotatable bonds is 43. The van der Waals surface area contributed by atoms with Gasteiger partial charge >= 0.3 is 11.9 Å². The smallest absolute Gasteiger partial charge is 0.306 e. The normalized spacial score (nSPS) is 13.2. The fourth-order valence-corrected chi connectivity index (χ4v) is 7.03. The van der Waals surface area contributed by atoms with Crippen molar-refractivity contribution in [2.75, 3.05) is 41.0 Å². The highest BCUT2D eigenvalue weighted by atomic mass is 16.6. The first-order valence-corrected chi connectivity index (χ1v) is 24.0. The minimum atomic E-state index is -1.13. The van der Waals surface area contributed by atoms with Gasteiger partial charge in [-0.15, -0.1) is 0 Å². The second-order valence-electron chi connectivity index (χ2n) is 17.4. The fraction of sp³-hybridized carbons (Fsp3) is 0.820. The molecule has 0 heterocycles. The molecule has 0 aromatic carbocycles. The van der Waals surface area contributed by atoms with Crippen LogP contribution in [0.3, 0.4) is 0 Å². The van der Waals surface area contributed by atoms with Crippen molar-refractivity contribution in [1.29, 1.82) is 0 Å². The maximum absolute atomic E-state index is 12.7. The first-order chi connectivity index (χ1) is 28.1. The fourth-order valence-electron chi connectivity index (χ4n) is 7.03. The van der Waals surface area contributed by atoms with Crippen LogP contribution in [0.15, 0.2) is 36.5 Å². The lowest BCUT2D eigenvalue weighted by atomic mass is 10.0. The van der Waals surface area contributed by atoms with Crippen LogP contribution in [0.5, 0.6) is 0 Å². The largest absolute Gasteiger partial charge is 0.544 e. The third-order valence-corrected chi connectivity index (χ3v) is 10.8. The number of ether oxygens (including phenoxy) is 3. The zero-order chi connectivity index (χ0) is 42.8. The Labute approximate surface area is 357 Å². The second kappa shape index (κ2) is 41.3. The van der Waals surface area contributed by atoms with Crippen molar-refractivity contribution < 1.29 is 38.2 Å². The first kappa shape index (κ1) is 55.5. The molecule has 0 N–H and O–H groups in total. The Balaban J connectivity index is 4.35. The molecule has 2 atom stereocenters. The molecule has 0 aliphatic rings. The van der Waals surface area contributed by atoms with Crippen molar-refractivity contribution in [3.8, 4) is 0 Å². The van der Waals surface area contributed by atoms with Gasteiger partial charge in [-0.25, -0.2) is 0 Å². The average molecular weight is 818 g/mol. The number of allylic oxidation sites excluding steroid dienone is 6. The van der Waals surface area contributed by atoms with Crippen molar-refractivity contribution in [3.05, 3.63) is 36.5 Å². The lowest BCUT2D eigenvalue weighted by Gasteiger charge is -2.34. The van der Waals surface area contributed by atoms with Crippen molar-refractivity contribution in [2.45, 2.75) is 225 Å². The second-order valence-corrected chi connectivity index (χ2v) is 17.4. The molecule has 0 saturated heterocycles. The van der Waals surface area contributed by atoms with Crippen molar-refractivity contribution in [3.63, 3.8) is 0 Å². The summed E-state index contributed by atoms with van der Waals surface area (Å²) < 4.78 is 17.2. The van der Waals surface area contributed by atoms with E-state index < -0.39 is 18.1 Å². The third-order valence-electron chi connectivity index (χ3n) is 10.8. The number of quaternary nitrogens is 1. The van der Waals surface area contributed by atoms with E-state index in [2.05, 4.69) is 50.3 Å². The van der Waals surface area contributed by atoms with Crippen molar-refractivity contribution in [2.24, 2.45) is 0 Å². The minimum absolute atomic E-state index is 0.0279. The Morgan fingerprint density at radius 3 is 1.40 bits per heavy atom. The van der Waals surface area contributed by atoms with Gasteiger partial charge in [0.25, 0.3) is 0 Å². The van der Waals surface area contributed by atoms with E-state index in [9.17, 15) is 19.5 Å². The number of hydrogen-bond donors (Lipinski definition) is 0. The van der Waals surface area contributed by atoms with Gasteiger partial charge in [-0.05, 0) is 44.9 Å². The minimum Gasteiger partial charge on any atom is -0.544 e. The van der Waals surface area contributed by atoms with Crippen molar-refractivity contribution >= 4 is 17.9 Å². The number of esters is 2. The summed E-state index contributed by atoms with van der Waals surface area (Å²) >= 11 is 0. The summed E-state index contributed by atoms with van der Waals surface area (Å²) in [6.07, 6.45) is 47.5. The van der Waals surface area contributed by atoms with Crippen LogP contribution in [0.25, 0.3) is 0 Å². The number of nitrogens with zero attached hydrogens (tertiary/aromatic N) is 1. The quantitative estimate of drug-likeness (QED) is 0.0261. The topological polar surface area (TPSA) is 102 Å². The number of carboxylic acid groups (broad SMARTS) is 1. The van der Waals surface area contributed by atoms with Crippen LogP contribution in [-0.4, -0.2) is 75.5 Å². The molecular formula is C50H91NO7. The summed E-state index contributed by atoms with van der Waals surface area (Å²) in [6, 6.07) is -0.731. The van der Waals surface area contributed by atoms with E-state index in [1.807, 2.05) is 0 Å². The van der Waals surface area contributed by atoms with Gasteiger partial charge in [-0.1, -0.05) is 185 Å². The highest BCUT2D eigenvalue weighted by molar-refractivity contribution is 5.70. The summed E-state index contributed by atoms with van der Waals surface area (Å²) in [7, 11) is 5.40. The Hall–Kier alpha value is -2.45. The summed E-state index contributed by atoms with van der Waals surface area (Å²) in [5.41, 5.74) is 0. The molecule has 338 valence electrons. The van der Waals surface area contributed by atoms with E-state index in [1.165, 1.54) is 135 Å². The summed E-state index contributed by atoms with van der Waals surface area (Å²) in [4.78, 5) is 36.9. The monoisotopic (exact) mass is 818 g/mol. The molecule has 0 aromatic heterocycles. The van der Waals surface area contributed by atoms with E-state index in [0.29, 0.717) is 12.8 Å². The van der Waals surface area contributed by atoms with E-state index in [-0.39, 0.29) is 49.1 Å². The molecule has 0 aliphatic carbocycles. The SMILES string of the molecule is CCCCCCCC/C=C/C/C=C/C/C=C/CCCC(=O)OCC(COCCC(C(=O)[O-])[N+](C)(C)C)OC(=O)CCCCCCCCCCCCCCCCCCC. The Bertz CT molecular complexity index is 1050. The highest BCUT2D eigenvalue weighted by Crippen LogP contribution is 2.15. The maximum Gasteiger partial charge on any atom is 0.306 e. The van der Waals surface area contributed by atoms with Gasteiger partial charge < -0.3 is 28.6 Å². The zero-order valence-corrected chi connectivity index (χ0v) is 38.5. The number of carboxylic acids is 1. The molecule has 0 radical (unpaired) electrons. The molecule has 0 amide bonds. The van der Waals surface area contributed by atoms with Gasteiger partial charge in [0.2, 0.25) is 0 Å². The van der Waals surface area contributed by atoms with E-state index in [4.69, 9.17) is 14.2 Å². The van der Waals surface area contributed by atoms with Crippen LogP contribution in [0.4, 0.5) is 0 Å². The molecular weight excluding hydrogens is 727 g/mol. The third kappa shape index (κ3) is 39.0. The molecule has 58 heavy (non-hydrogen) atoms. The standard InChI is InChI=1S/C50H91NO7/c1-6-8-10-12-14-16-18-20-22-24-26-28-30-32-34-36-38-40-48(52)57-45-46(44-56-43-42-47(50(54)55)51(3,4)5)58-49(53)41-39-37-35-33-31-29-27-25-23-21-19-17-15-13-11-9-7-2/h20,22,26,28,32,34,46-47H,6-19,21,23-25,27,29-31,33,35-45H2,1-5H3/b22-20+,28-26+,34-32+. The summed E-state index contributed by atoms with van der Waals surface area (Å²) in [5.74, 6) is -1.79. The zero-order valence-electron chi connectivity index (χ0n) is 38.5. The number of carbonyl (C=O) groups excluding carboxylic acids is 3. The Morgan fingerprint density at radius 2 is 0.931 bits per heavy atom. The van der Waals surface area contributed by atoms with Crippen LogP contribution in [0, 0.1) is 0 Å². The molecule has 8 nitrogen and oxygen atoms in total. The molecule has 8 heteroatoms. The number of aliphatic carboxylic acids is 1. The average Bonchev–Trinajstić information content (AvgIpc) is 3.18. The lowest BCUT2D eigenvalue weighted by molar-refractivity contribution is -0.889. The van der Waals surface area contributed by atoms with Gasteiger partial charge in [0.1, 0.15) is 12.6 Å². The molecule has 0 aliphatic heterocycles. The van der Waals surface area contributed by atoms with E-state index in [1.54, 1.807) is 21.1 Å². The molecule has 0 rings (SSSR count). The van der Waals surface area contributed by atoms with Crippen LogP contribution < -0.4 is 5.11 Å². The summed E-state index contributed by atoms with van der Waals surface area (Å²) in [5, 5.41) is 11.6. The number of likely N-dealkylation sites (N-methyl/N-ethyl adjacent to an activating group) is 1. The Kier molecular flexibility index (Phi) is 39.5. The Morgan fingerprint density at radius 1 is 0.517 bits per heavy atom. The van der Waals surface area contributed by atoms with E-state index >= 15 is 0 Å². The molecule has 0 fully saturated rings. The lowest BCUT2D eigenvalue weighted by Crippen LogP contribution is -2.55.